The molecule has 4 N–H and O–H groups in total. The third-order valence-corrected chi connectivity index (χ3v) is 4.81. The van der Waals surface area contributed by atoms with Crippen LogP contribution in [0.1, 0.15) is 47.5 Å². The summed E-state index contributed by atoms with van der Waals surface area (Å²) in [6.45, 7) is 2.97. The van der Waals surface area contributed by atoms with Gasteiger partial charge in [-0.15, -0.1) is 11.3 Å². The van der Waals surface area contributed by atoms with Crippen molar-refractivity contribution in [3.8, 4) is 0 Å². The first-order chi connectivity index (χ1) is 9.72. The largest absolute Gasteiger partial charge is 0.481 e. The van der Waals surface area contributed by atoms with E-state index in [-0.39, 0.29) is 6.42 Å². The number of carboxylic acids is 1. The number of amides is 2. The molecule has 1 aromatic heterocycles. The van der Waals surface area contributed by atoms with Crippen molar-refractivity contribution in [3.63, 3.8) is 0 Å². The van der Waals surface area contributed by atoms with E-state index in [0.29, 0.717) is 10.6 Å². The first-order valence-corrected chi connectivity index (χ1v) is 7.51. The van der Waals surface area contributed by atoms with Gasteiger partial charge >= 0.3 is 5.97 Å². The number of primary amides is 1. The smallest absolute Gasteiger partial charge is 0.309 e. The minimum atomic E-state index is -1.16. The highest BCUT2D eigenvalue weighted by Crippen LogP contribution is 2.39. The number of carbonyl (C=O) groups excluding carboxylic acids is 2. The molecule has 2 amide bonds. The predicted molar refractivity (Wildman–Crippen MR) is 79.5 cm³/mol. The molecule has 0 saturated carbocycles. The minimum absolute atomic E-state index is 0.164. The SMILES string of the molecule is CC(C)(CC(=O)Nc1sc2c(c1C(N)=O)CCC2)C(=O)O. The molecule has 0 aromatic carbocycles. The van der Waals surface area contributed by atoms with Crippen LogP contribution in [0.3, 0.4) is 0 Å². The van der Waals surface area contributed by atoms with Crippen LogP contribution in [0.15, 0.2) is 0 Å². The molecule has 21 heavy (non-hydrogen) atoms. The Labute approximate surface area is 126 Å². The van der Waals surface area contributed by atoms with Gasteiger partial charge in [-0.05, 0) is 38.7 Å². The van der Waals surface area contributed by atoms with Gasteiger partial charge in [-0.2, -0.15) is 0 Å². The topological polar surface area (TPSA) is 109 Å². The van der Waals surface area contributed by atoms with Crippen molar-refractivity contribution >= 4 is 34.1 Å². The number of carbonyl (C=O) groups is 3. The highest BCUT2D eigenvalue weighted by molar-refractivity contribution is 7.17. The second-order valence-electron chi connectivity index (χ2n) is 5.84. The van der Waals surface area contributed by atoms with Crippen LogP contribution < -0.4 is 11.1 Å². The van der Waals surface area contributed by atoms with Gasteiger partial charge in [-0.3, -0.25) is 14.4 Å². The Morgan fingerprint density at radius 2 is 2.00 bits per heavy atom. The molecule has 0 spiro atoms. The number of hydrogen-bond donors (Lipinski definition) is 3. The maximum atomic E-state index is 12.0. The van der Waals surface area contributed by atoms with Crippen LogP contribution >= 0.6 is 11.3 Å². The molecule has 1 aliphatic carbocycles. The Morgan fingerprint density at radius 3 is 2.57 bits per heavy atom. The van der Waals surface area contributed by atoms with Crippen molar-refractivity contribution in [1.29, 1.82) is 0 Å². The van der Waals surface area contributed by atoms with Crippen LogP contribution in [-0.4, -0.2) is 22.9 Å². The normalized spacial score (nSPS) is 13.8. The van der Waals surface area contributed by atoms with Gasteiger partial charge < -0.3 is 16.2 Å². The van der Waals surface area contributed by atoms with Gasteiger partial charge in [0.25, 0.3) is 5.91 Å². The van der Waals surface area contributed by atoms with Crippen molar-refractivity contribution in [3.05, 3.63) is 16.0 Å². The summed E-state index contributed by atoms with van der Waals surface area (Å²) >= 11 is 1.36. The second kappa shape index (κ2) is 5.48. The molecule has 6 nitrogen and oxygen atoms in total. The van der Waals surface area contributed by atoms with Gasteiger partial charge in [0.15, 0.2) is 0 Å². The molecule has 0 unspecified atom stereocenters. The number of carboxylic acid groups (broad SMARTS) is 1. The van der Waals surface area contributed by atoms with Gasteiger partial charge in [0, 0.05) is 11.3 Å². The maximum Gasteiger partial charge on any atom is 0.309 e. The number of thiophene rings is 1. The van der Waals surface area contributed by atoms with Gasteiger partial charge in [0.1, 0.15) is 5.00 Å². The molecular formula is C14H18N2O4S. The molecule has 0 atom stereocenters. The second-order valence-corrected chi connectivity index (χ2v) is 6.94. The zero-order valence-electron chi connectivity index (χ0n) is 12.0. The number of anilines is 1. The van der Waals surface area contributed by atoms with Gasteiger partial charge in [0.05, 0.1) is 11.0 Å². The van der Waals surface area contributed by atoms with E-state index in [1.807, 2.05) is 0 Å². The lowest BCUT2D eigenvalue weighted by atomic mass is 9.89. The van der Waals surface area contributed by atoms with E-state index in [1.165, 1.54) is 25.2 Å². The van der Waals surface area contributed by atoms with Gasteiger partial charge in [-0.1, -0.05) is 0 Å². The standard InChI is InChI=1S/C14H18N2O4S/c1-14(2,13(19)20)6-9(17)16-12-10(11(15)18)7-4-3-5-8(7)21-12/h3-6H2,1-2H3,(H2,15,18)(H,16,17)(H,19,20). The van der Waals surface area contributed by atoms with E-state index >= 15 is 0 Å². The lowest BCUT2D eigenvalue weighted by Gasteiger charge is -2.18. The van der Waals surface area contributed by atoms with Crippen molar-refractivity contribution < 1.29 is 19.5 Å². The predicted octanol–water partition coefficient (Wildman–Crippen LogP) is 1.78. The fraction of sp³-hybridized carbons (Fsp3) is 0.500. The zero-order chi connectivity index (χ0) is 15.8. The van der Waals surface area contributed by atoms with E-state index < -0.39 is 23.2 Å². The number of fused-ring (bicyclic) bond motifs is 1. The number of aryl methyl sites for hydroxylation is 1. The molecule has 0 radical (unpaired) electrons. The summed E-state index contributed by atoms with van der Waals surface area (Å²) < 4.78 is 0. The van der Waals surface area contributed by atoms with E-state index in [1.54, 1.807) is 0 Å². The molecule has 0 fully saturated rings. The van der Waals surface area contributed by atoms with Gasteiger partial charge in [-0.25, -0.2) is 0 Å². The van der Waals surface area contributed by atoms with E-state index in [2.05, 4.69) is 5.32 Å². The fourth-order valence-electron chi connectivity index (χ4n) is 2.40. The van der Waals surface area contributed by atoms with Crippen molar-refractivity contribution in [2.75, 3.05) is 5.32 Å². The summed E-state index contributed by atoms with van der Waals surface area (Å²) in [4.78, 5) is 35.7. The Bertz CT molecular complexity index is 619. The number of nitrogens with one attached hydrogen (secondary N) is 1. The first-order valence-electron chi connectivity index (χ1n) is 6.70. The van der Waals surface area contributed by atoms with Crippen LogP contribution in [0.25, 0.3) is 0 Å². The summed E-state index contributed by atoms with van der Waals surface area (Å²) in [5.74, 6) is -2.02. The van der Waals surface area contributed by atoms with Crippen LogP contribution in [0, 0.1) is 5.41 Å². The van der Waals surface area contributed by atoms with E-state index in [4.69, 9.17) is 10.8 Å². The van der Waals surface area contributed by atoms with Crippen molar-refractivity contribution in [2.45, 2.75) is 39.5 Å². The number of aliphatic carboxylic acids is 1. The molecule has 0 bridgehead atoms. The molecule has 2 rings (SSSR count). The first kappa shape index (κ1) is 15.5. The van der Waals surface area contributed by atoms with Gasteiger partial charge in [0.2, 0.25) is 5.91 Å². The third kappa shape index (κ3) is 3.07. The Hall–Kier alpha value is -1.89. The molecule has 1 aliphatic rings. The highest BCUT2D eigenvalue weighted by Gasteiger charge is 2.32. The van der Waals surface area contributed by atoms with E-state index in [0.717, 1.165) is 29.7 Å². The van der Waals surface area contributed by atoms with Crippen LogP contribution in [0.4, 0.5) is 5.00 Å². The lowest BCUT2D eigenvalue weighted by molar-refractivity contribution is -0.148. The quantitative estimate of drug-likeness (QED) is 0.770. The Balaban J connectivity index is 2.19. The van der Waals surface area contributed by atoms with Crippen LogP contribution in [0.5, 0.6) is 0 Å². The molecular weight excluding hydrogens is 292 g/mol. The average Bonchev–Trinajstić information content (AvgIpc) is 2.86. The molecule has 1 heterocycles. The molecule has 0 saturated heterocycles. The van der Waals surface area contributed by atoms with Crippen molar-refractivity contribution in [2.24, 2.45) is 11.1 Å². The Morgan fingerprint density at radius 1 is 1.33 bits per heavy atom. The minimum Gasteiger partial charge on any atom is -0.481 e. The molecule has 114 valence electrons. The third-order valence-electron chi connectivity index (χ3n) is 3.60. The van der Waals surface area contributed by atoms with Crippen molar-refractivity contribution in [1.82, 2.24) is 0 Å². The molecule has 7 heteroatoms. The number of nitrogens with two attached hydrogens (primary N) is 1. The summed E-state index contributed by atoms with van der Waals surface area (Å²) in [5.41, 5.74) is 5.56. The molecule has 1 aromatic rings. The summed E-state index contributed by atoms with van der Waals surface area (Å²) in [6, 6.07) is 0. The highest BCUT2D eigenvalue weighted by atomic mass is 32.1. The number of hydrogen-bond acceptors (Lipinski definition) is 4. The average molecular weight is 310 g/mol. The fourth-order valence-corrected chi connectivity index (χ4v) is 3.71. The molecule has 0 aliphatic heterocycles. The monoisotopic (exact) mass is 310 g/mol. The zero-order valence-corrected chi connectivity index (χ0v) is 12.8. The van der Waals surface area contributed by atoms with Crippen LogP contribution in [-0.2, 0) is 22.4 Å². The number of rotatable bonds is 5. The summed E-state index contributed by atoms with van der Waals surface area (Å²) in [5, 5.41) is 12.1. The Kier molecular flexibility index (Phi) is 4.04. The summed E-state index contributed by atoms with van der Waals surface area (Å²) in [7, 11) is 0. The lowest BCUT2D eigenvalue weighted by Crippen LogP contribution is -2.29. The summed E-state index contributed by atoms with van der Waals surface area (Å²) in [6.07, 6.45) is 2.50. The van der Waals surface area contributed by atoms with Crippen LogP contribution in [0.2, 0.25) is 0 Å². The van der Waals surface area contributed by atoms with E-state index in [9.17, 15) is 14.4 Å². The maximum absolute atomic E-state index is 12.0.